The maximum absolute atomic E-state index is 4.44. The van der Waals surface area contributed by atoms with Gasteiger partial charge in [-0.25, -0.2) is 9.97 Å². The Morgan fingerprint density at radius 3 is 2.74 bits per heavy atom. The van der Waals surface area contributed by atoms with Crippen LogP contribution in [0.15, 0.2) is 6.07 Å². The van der Waals surface area contributed by atoms with Gasteiger partial charge in [0.25, 0.3) is 0 Å². The Kier molecular flexibility index (Phi) is 5.14. The largest absolute Gasteiger partial charge is 0.369 e. The molecule has 1 aliphatic heterocycles. The summed E-state index contributed by atoms with van der Waals surface area (Å²) in [5.74, 6) is 2.73. The Bertz CT molecular complexity index is 397. The first-order valence-electron chi connectivity index (χ1n) is 7.48. The van der Waals surface area contributed by atoms with Crippen LogP contribution in [0.2, 0.25) is 0 Å². The molecule has 1 fully saturated rings. The molecule has 2 rings (SSSR count). The Morgan fingerprint density at radius 1 is 1.32 bits per heavy atom. The number of rotatable bonds is 5. The predicted octanol–water partition coefficient (Wildman–Crippen LogP) is 2.49. The van der Waals surface area contributed by atoms with E-state index < -0.39 is 0 Å². The maximum Gasteiger partial charge on any atom is 0.129 e. The molecule has 1 N–H and O–H groups in total. The number of likely N-dealkylation sites (tertiary alicyclic amines) is 1. The molecule has 0 aromatic carbocycles. The molecule has 1 aliphatic rings. The van der Waals surface area contributed by atoms with Crippen molar-refractivity contribution in [3.05, 3.63) is 17.6 Å². The number of hydrogen-bond donors (Lipinski definition) is 1. The minimum atomic E-state index is 0.855. The third kappa shape index (κ3) is 4.46. The summed E-state index contributed by atoms with van der Waals surface area (Å²) in [5, 5.41) is 3.43. The van der Waals surface area contributed by atoms with Crippen LogP contribution in [0.5, 0.6) is 0 Å². The van der Waals surface area contributed by atoms with Crippen LogP contribution in [-0.4, -0.2) is 41.0 Å². The first-order valence-corrected chi connectivity index (χ1v) is 7.48. The highest BCUT2D eigenvalue weighted by Gasteiger charge is 2.14. The minimum absolute atomic E-state index is 0.855. The molecule has 0 spiro atoms. The number of hydrogen-bond acceptors (Lipinski definition) is 4. The van der Waals surface area contributed by atoms with Crippen molar-refractivity contribution in [3.8, 4) is 0 Å². The van der Waals surface area contributed by atoms with Crippen molar-refractivity contribution in [1.82, 2.24) is 14.9 Å². The summed E-state index contributed by atoms with van der Waals surface area (Å²) in [6.07, 6.45) is 3.64. The summed E-state index contributed by atoms with van der Waals surface area (Å²) in [4.78, 5) is 11.4. The van der Waals surface area contributed by atoms with Gasteiger partial charge in [0.05, 0.1) is 0 Å². The second kappa shape index (κ2) is 6.85. The molecule has 0 amide bonds. The Balaban J connectivity index is 1.77. The van der Waals surface area contributed by atoms with E-state index in [-0.39, 0.29) is 0 Å². The molecule has 1 saturated heterocycles. The van der Waals surface area contributed by atoms with E-state index >= 15 is 0 Å². The quantitative estimate of drug-likeness (QED) is 0.885. The van der Waals surface area contributed by atoms with Gasteiger partial charge in [0.15, 0.2) is 0 Å². The molecule has 1 aromatic heterocycles. The summed E-state index contributed by atoms with van der Waals surface area (Å²) < 4.78 is 0. The molecule has 0 aliphatic carbocycles. The lowest BCUT2D eigenvalue weighted by molar-refractivity contribution is 0.199. The highest BCUT2D eigenvalue weighted by Crippen LogP contribution is 2.15. The van der Waals surface area contributed by atoms with Gasteiger partial charge in [-0.15, -0.1) is 0 Å². The van der Waals surface area contributed by atoms with Gasteiger partial charge < -0.3 is 10.2 Å². The van der Waals surface area contributed by atoms with Crippen LogP contribution in [-0.2, 0) is 6.42 Å². The number of anilines is 1. The van der Waals surface area contributed by atoms with E-state index in [1.807, 2.05) is 6.92 Å². The number of piperidine rings is 1. The number of aryl methyl sites for hydroxylation is 2. The van der Waals surface area contributed by atoms with Gasteiger partial charge in [-0.05, 0) is 45.2 Å². The van der Waals surface area contributed by atoms with Crippen molar-refractivity contribution in [3.63, 3.8) is 0 Å². The van der Waals surface area contributed by atoms with E-state index in [2.05, 4.69) is 40.1 Å². The third-order valence-corrected chi connectivity index (χ3v) is 3.86. The summed E-state index contributed by atoms with van der Waals surface area (Å²) in [5.41, 5.74) is 1.11. The zero-order valence-corrected chi connectivity index (χ0v) is 12.4. The SMILES string of the molecule is CCc1cc(NCCN2CCC(C)CC2)nc(C)n1. The average Bonchev–Trinajstić information content (AvgIpc) is 2.40. The number of nitrogens with one attached hydrogen (secondary N) is 1. The van der Waals surface area contributed by atoms with Crippen LogP contribution < -0.4 is 5.32 Å². The zero-order valence-electron chi connectivity index (χ0n) is 12.4. The Morgan fingerprint density at radius 2 is 2.05 bits per heavy atom. The fourth-order valence-corrected chi connectivity index (χ4v) is 2.53. The van der Waals surface area contributed by atoms with E-state index in [9.17, 15) is 0 Å². The number of nitrogens with zero attached hydrogens (tertiary/aromatic N) is 3. The normalized spacial score (nSPS) is 17.6. The molecule has 19 heavy (non-hydrogen) atoms. The molecule has 4 heteroatoms. The molecule has 4 nitrogen and oxygen atoms in total. The van der Waals surface area contributed by atoms with Gasteiger partial charge in [-0.3, -0.25) is 0 Å². The van der Waals surface area contributed by atoms with Crippen LogP contribution in [0.4, 0.5) is 5.82 Å². The van der Waals surface area contributed by atoms with Crippen LogP contribution in [0.25, 0.3) is 0 Å². The van der Waals surface area contributed by atoms with E-state index in [4.69, 9.17) is 0 Å². The van der Waals surface area contributed by atoms with Crippen molar-refractivity contribution in [1.29, 1.82) is 0 Å². The monoisotopic (exact) mass is 262 g/mol. The standard InChI is InChI=1S/C15H26N4/c1-4-14-11-15(18-13(3)17-14)16-7-10-19-8-5-12(2)6-9-19/h11-12H,4-10H2,1-3H3,(H,16,17,18). The van der Waals surface area contributed by atoms with Crippen molar-refractivity contribution >= 4 is 5.82 Å². The summed E-state index contributed by atoms with van der Waals surface area (Å²) in [7, 11) is 0. The second-order valence-electron chi connectivity index (χ2n) is 5.60. The first-order chi connectivity index (χ1) is 9.17. The summed E-state index contributed by atoms with van der Waals surface area (Å²) >= 11 is 0. The fourth-order valence-electron chi connectivity index (χ4n) is 2.53. The molecule has 0 atom stereocenters. The topological polar surface area (TPSA) is 41.0 Å². The third-order valence-electron chi connectivity index (χ3n) is 3.86. The highest BCUT2D eigenvalue weighted by molar-refractivity contribution is 5.35. The molecule has 0 unspecified atom stereocenters. The fraction of sp³-hybridized carbons (Fsp3) is 0.733. The zero-order chi connectivity index (χ0) is 13.7. The minimum Gasteiger partial charge on any atom is -0.369 e. The van der Waals surface area contributed by atoms with E-state index in [0.717, 1.165) is 42.8 Å². The summed E-state index contributed by atoms with van der Waals surface area (Å²) in [6.45, 7) is 11.0. The number of aromatic nitrogens is 2. The average molecular weight is 262 g/mol. The molecule has 106 valence electrons. The molecule has 0 saturated carbocycles. The van der Waals surface area contributed by atoms with Gasteiger partial charge in [0.1, 0.15) is 11.6 Å². The van der Waals surface area contributed by atoms with E-state index in [1.165, 1.54) is 25.9 Å². The van der Waals surface area contributed by atoms with Crippen LogP contribution in [0.3, 0.4) is 0 Å². The lowest BCUT2D eigenvalue weighted by atomic mass is 9.99. The molecule has 0 bridgehead atoms. The molecular weight excluding hydrogens is 236 g/mol. The predicted molar refractivity (Wildman–Crippen MR) is 79.5 cm³/mol. The lowest BCUT2D eigenvalue weighted by Crippen LogP contribution is -2.36. The van der Waals surface area contributed by atoms with Crippen LogP contribution >= 0.6 is 0 Å². The Labute approximate surface area is 116 Å². The second-order valence-corrected chi connectivity index (χ2v) is 5.60. The van der Waals surface area contributed by atoms with Gasteiger partial charge in [0, 0.05) is 24.8 Å². The van der Waals surface area contributed by atoms with Crippen molar-refractivity contribution < 1.29 is 0 Å². The van der Waals surface area contributed by atoms with Crippen molar-refractivity contribution in [2.24, 2.45) is 5.92 Å². The van der Waals surface area contributed by atoms with Crippen molar-refractivity contribution in [2.45, 2.75) is 40.0 Å². The van der Waals surface area contributed by atoms with E-state index in [1.54, 1.807) is 0 Å². The Hall–Kier alpha value is -1.16. The first kappa shape index (κ1) is 14.3. The maximum atomic E-state index is 4.44. The van der Waals surface area contributed by atoms with Gasteiger partial charge in [-0.2, -0.15) is 0 Å². The van der Waals surface area contributed by atoms with Crippen molar-refractivity contribution in [2.75, 3.05) is 31.5 Å². The lowest BCUT2D eigenvalue weighted by Gasteiger charge is -2.30. The smallest absolute Gasteiger partial charge is 0.129 e. The van der Waals surface area contributed by atoms with Crippen LogP contribution in [0.1, 0.15) is 38.2 Å². The van der Waals surface area contributed by atoms with E-state index in [0.29, 0.717) is 0 Å². The molecule has 2 heterocycles. The molecular formula is C15H26N4. The molecule has 1 aromatic rings. The van der Waals surface area contributed by atoms with Gasteiger partial charge >= 0.3 is 0 Å². The summed E-state index contributed by atoms with van der Waals surface area (Å²) in [6, 6.07) is 2.06. The van der Waals surface area contributed by atoms with Gasteiger partial charge in [-0.1, -0.05) is 13.8 Å². The molecule has 0 radical (unpaired) electrons. The van der Waals surface area contributed by atoms with Crippen LogP contribution in [0, 0.1) is 12.8 Å². The van der Waals surface area contributed by atoms with Gasteiger partial charge in [0.2, 0.25) is 0 Å². The highest BCUT2D eigenvalue weighted by atomic mass is 15.1.